The second-order valence-electron chi connectivity index (χ2n) is 4.10. The molecule has 0 spiro atoms. The van der Waals surface area contributed by atoms with Crippen LogP contribution in [-0.4, -0.2) is 12.5 Å². The van der Waals surface area contributed by atoms with E-state index in [0.717, 1.165) is 16.7 Å². The Balaban J connectivity index is 1.95. The minimum absolute atomic E-state index is 0.148. The molecule has 7 heteroatoms. The van der Waals surface area contributed by atoms with E-state index in [4.69, 9.17) is 21.6 Å². The number of carbonyl (C=O) groups excluding carboxylic acids is 1. The van der Waals surface area contributed by atoms with Crippen molar-refractivity contribution in [1.82, 2.24) is 0 Å². The van der Waals surface area contributed by atoms with Crippen LogP contribution in [0.4, 0.5) is 5.69 Å². The van der Waals surface area contributed by atoms with Gasteiger partial charge < -0.3 is 10.1 Å². The van der Waals surface area contributed by atoms with E-state index in [2.05, 4.69) is 21.2 Å². The number of benzene rings is 2. The lowest BCUT2D eigenvalue weighted by molar-refractivity contribution is -0.118. The Morgan fingerprint density at radius 2 is 2.14 bits per heavy atom. The first-order valence-corrected chi connectivity index (χ1v) is 8.11. The van der Waals surface area contributed by atoms with Crippen LogP contribution in [0.1, 0.15) is 0 Å². The lowest BCUT2D eigenvalue weighted by Crippen LogP contribution is -2.20. The molecule has 112 valence electrons. The zero-order chi connectivity index (χ0) is 15.9. The molecular formula is C15H10BrClN2O2S. The number of para-hydroxylation sites is 1. The molecule has 0 heterocycles. The highest BCUT2D eigenvalue weighted by atomic mass is 79.9. The zero-order valence-corrected chi connectivity index (χ0v) is 14.3. The number of hydrogen-bond donors (Lipinski definition) is 1. The average Bonchev–Trinajstić information content (AvgIpc) is 2.49. The molecule has 0 bridgehead atoms. The van der Waals surface area contributed by atoms with Gasteiger partial charge in [-0.2, -0.15) is 5.26 Å². The third-order valence-electron chi connectivity index (χ3n) is 2.57. The Kier molecular flexibility index (Phi) is 6.13. The number of halogens is 2. The zero-order valence-electron chi connectivity index (χ0n) is 11.2. The van der Waals surface area contributed by atoms with Crippen LogP contribution in [0.5, 0.6) is 5.75 Å². The van der Waals surface area contributed by atoms with E-state index in [-0.39, 0.29) is 12.5 Å². The van der Waals surface area contributed by atoms with Gasteiger partial charge in [0.2, 0.25) is 0 Å². The maximum absolute atomic E-state index is 11.9. The number of carbonyl (C=O) groups is 1. The number of thioether (sulfide) groups is 1. The van der Waals surface area contributed by atoms with E-state index in [0.29, 0.717) is 20.9 Å². The van der Waals surface area contributed by atoms with Gasteiger partial charge in [0, 0.05) is 9.37 Å². The summed E-state index contributed by atoms with van der Waals surface area (Å²) in [7, 11) is 0. The van der Waals surface area contributed by atoms with E-state index in [1.54, 1.807) is 42.5 Å². The molecule has 0 fully saturated rings. The first kappa shape index (κ1) is 16.7. The number of rotatable bonds is 5. The molecule has 0 aliphatic heterocycles. The van der Waals surface area contributed by atoms with Crippen molar-refractivity contribution in [2.24, 2.45) is 0 Å². The number of hydrogen-bond acceptors (Lipinski definition) is 4. The number of ether oxygens (including phenoxy) is 1. The van der Waals surface area contributed by atoms with Crippen LogP contribution >= 0.6 is 39.3 Å². The molecule has 0 radical (unpaired) electrons. The average molecular weight is 398 g/mol. The van der Waals surface area contributed by atoms with Crippen molar-refractivity contribution in [3.8, 4) is 11.2 Å². The molecule has 4 nitrogen and oxygen atoms in total. The Morgan fingerprint density at radius 3 is 2.82 bits per heavy atom. The summed E-state index contributed by atoms with van der Waals surface area (Å²) in [6.07, 6.45) is 0. The Morgan fingerprint density at radius 1 is 1.36 bits per heavy atom. The number of thiocyanates is 1. The maximum Gasteiger partial charge on any atom is 0.262 e. The van der Waals surface area contributed by atoms with Gasteiger partial charge >= 0.3 is 0 Å². The summed E-state index contributed by atoms with van der Waals surface area (Å²) in [5.74, 6) is 0.153. The van der Waals surface area contributed by atoms with E-state index < -0.39 is 0 Å². The lowest BCUT2D eigenvalue weighted by atomic mass is 10.3. The standard InChI is InChI=1S/C15H10BrClN2O2S/c16-11-7-10(22-9-18)5-6-13(11)19-15(20)8-21-14-4-2-1-3-12(14)17/h1-7H,8H2,(H,19,20). The normalized spacial score (nSPS) is 9.86. The molecule has 0 saturated carbocycles. The fourth-order valence-electron chi connectivity index (χ4n) is 1.60. The second kappa shape index (κ2) is 8.08. The Labute approximate surface area is 145 Å². The van der Waals surface area contributed by atoms with Gasteiger partial charge in [0.25, 0.3) is 5.91 Å². The van der Waals surface area contributed by atoms with Gasteiger partial charge in [0.15, 0.2) is 6.61 Å². The Hall–Kier alpha value is -1.68. The Bertz CT molecular complexity index is 734. The van der Waals surface area contributed by atoms with Crippen LogP contribution in [0, 0.1) is 10.7 Å². The highest BCUT2D eigenvalue weighted by molar-refractivity contribution is 9.10. The summed E-state index contributed by atoms with van der Waals surface area (Å²) in [5.41, 5.74) is 0.607. The van der Waals surface area contributed by atoms with Crippen molar-refractivity contribution < 1.29 is 9.53 Å². The van der Waals surface area contributed by atoms with Crippen LogP contribution in [0.15, 0.2) is 51.8 Å². The minimum atomic E-state index is -0.304. The smallest absolute Gasteiger partial charge is 0.262 e. The van der Waals surface area contributed by atoms with Crippen molar-refractivity contribution >= 4 is 50.9 Å². The lowest BCUT2D eigenvalue weighted by Gasteiger charge is -2.10. The van der Waals surface area contributed by atoms with Crippen molar-refractivity contribution in [2.45, 2.75) is 4.90 Å². The number of anilines is 1. The minimum Gasteiger partial charge on any atom is -0.482 e. The molecule has 2 aromatic carbocycles. The summed E-state index contributed by atoms with van der Waals surface area (Å²) in [6, 6.07) is 12.2. The van der Waals surface area contributed by atoms with E-state index >= 15 is 0 Å². The summed E-state index contributed by atoms with van der Waals surface area (Å²) in [6.45, 7) is -0.148. The molecule has 2 aromatic rings. The quantitative estimate of drug-likeness (QED) is 0.587. The molecule has 0 aliphatic carbocycles. The van der Waals surface area contributed by atoms with Gasteiger partial charge in [-0.1, -0.05) is 23.7 Å². The van der Waals surface area contributed by atoms with E-state index in [1.165, 1.54) is 0 Å². The molecule has 0 aliphatic rings. The number of nitrogens with one attached hydrogen (secondary N) is 1. The molecular weight excluding hydrogens is 388 g/mol. The molecule has 0 aromatic heterocycles. The summed E-state index contributed by atoms with van der Waals surface area (Å²) in [5, 5.41) is 13.8. The van der Waals surface area contributed by atoms with Crippen LogP contribution < -0.4 is 10.1 Å². The SMILES string of the molecule is N#CSc1ccc(NC(=O)COc2ccccc2Cl)c(Br)c1. The van der Waals surface area contributed by atoms with Crippen molar-refractivity contribution in [1.29, 1.82) is 5.26 Å². The van der Waals surface area contributed by atoms with Crippen LogP contribution in [0.25, 0.3) is 0 Å². The van der Waals surface area contributed by atoms with Crippen LogP contribution in [0.3, 0.4) is 0 Å². The number of amides is 1. The third-order valence-corrected chi connectivity index (χ3v) is 4.12. The molecule has 0 atom stereocenters. The van der Waals surface area contributed by atoms with Gasteiger partial charge in [-0.3, -0.25) is 4.79 Å². The third kappa shape index (κ3) is 4.67. The first-order chi connectivity index (χ1) is 10.6. The monoisotopic (exact) mass is 396 g/mol. The van der Waals surface area contributed by atoms with Crippen LogP contribution in [-0.2, 0) is 4.79 Å². The maximum atomic E-state index is 11.9. The summed E-state index contributed by atoms with van der Waals surface area (Å²) >= 11 is 10.4. The molecule has 22 heavy (non-hydrogen) atoms. The fourth-order valence-corrected chi connectivity index (χ4v) is 2.84. The van der Waals surface area contributed by atoms with Crippen molar-refractivity contribution in [2.75, 3.05) is 11.9 Å². The second-order valence-corrected chi connectivity index (χ2v) is 6.22. The van der Waals surface area contributed by atoms with E-state index in [9.17, 15) is 4.79 Å². The van der Waals surface area contributed by atoms with Gasteiger partial charge in [-0.25, -0.2) is 0 Å². The summed E-state index contributed by atoms with van der Waals surface area (Å²) in [4.78, 5) is 12.7. The number of nitrogens with zero attached hydrogens (tertiary/aromatic N) is 1. The molecule has 1 amide bonds. The molecule has 0 unspecified atom stereocenters. The molecule has 0 saturated heterocycles. The number of nitriles is 1. The van der Waals surface area contributed by atoms with Crippen LogP contribution in [0.2, 0.25) is 5.02 Å². The summed E-state index contributed by atoms with van der Waals surface area (Å²) < 4.78 is 6.06. The first-order valence-electron chi connectivity index (χ1n) is 6.13. The molecule has 2 rings (SSSR count). The molecule has 1 N–H and O–H groups in total. The van der Waals surface area contributed by atoms with E-state index in [1.807, 2.05) is 5.40 Å². The van der Waals surface area contributed by atoms with Gasteiger partial charge in [0.05, 0.1) is 10.7 Å². The highest BCUT2D eigenvalue weighted by Crippen LogP contribution is 2.28. The largest absolute Gasteiger partial charge is 0.482 e. The van der Waals surface area contributed by atoms with Crippen molar-refractivity contribution in [3.05, 3.63) is 52.0 Å². The predicted octanol–water partition coefficient (Wildman–Crippen LogP) is 4.69. The highest BCUT2D eigenvalue weighted by Gasteiger charge is 2.08. The fraction of sp³-hybridized carbons (Fsp3) is 0.0667. The van der Waals surface area contributed by atoms with Gasteiger partial charge in [-0.15, -0.1) is 0 Å². The topological polar surface area (TPSA) is 62.1 Å². The predicted molar refractivity (Wildman–Crippen MR) is 91.2 cm³/mol. The van der Waals surface area contributed by atoms with Gasteiger partial charge in [0.1, 0.15) is 11.2 Å². The van der Waals surface area contributed by atoms with Crippen molar-refractivity contribution in [3.63, 3.8) is 0 Å². The van der Waals surface area contributed by atoms with Gasteiger partial charge in [-0.05, 0) is 58.0 Å².